The van der Waals surface area contributed by atoms with Gasteiger partial charge in [-0.3, -0.25) is 4.79 Å². The molecule has 1 saturated heterocycles. The molecular formula is C20H33N5O3. The number of rotatable bonds is 10. The number of hydrogen-bond donors (Lipinski definition) is 3. The average molecular weight is 392 g/mol. The summed E-state index contributed by atoms with van der Waals surface area (Å²) in [6, 6.07) is 6.80. The molecule has 28 heavy (non-hydrogen) atoms. The molecule has 1 heterocycles. The molecule has 2 rings (SSSR count). The minimum absolute atomic E-state index is 0.0691. The number of nitrogens with zero attached hydrogens (tertiary/aromatic N) is 2. The van der Waals surface area contributed by atoms with Crippen molar-refractivity contribution < 1.29 is 14.3 Å². The van der Waals surface area contributed by atoms with Crippen LogP contribution >= 0.6 is 0 Å². The molecule has 8 heteroatoms. The van der Waals surface area contributed by atoms with Gasteiger partial charge in [0, 0.05) is 38.4 Å². The fourth-order valence-corrected chi connectivity index (χ4v) is 2.96. The number of nitrogens with one attached hydrogen (secondary N) is 3. The Bertz CT molecular complexity index is 600. The third kappa shape index (κ3) is 8.58. The minimum atomic E-state index is -0.318. The quantitative estimate of drug-likeness (QED) is 0.524. The van der Waals surface area contributed by atoms with Gasteiger partial charge in [-0.15, -0.1) is 0 Å². The highest BCUT2D eigenvalue weighted by Crippen LogP contribution is 2.15. The first-order chi connectivity index (χ1) is 13.6. The summed E-state index contributed by atoms with van der Waals surface area (Å²) in [6.45, 7) is 8.61. The van der Waals surface area contributed by atoms with Crippen LogP contribution in [0.1, 0.15) is 19.8 Å². The summed E-state index contributed by atoms with van der Waals surface area (Å²) in [4.78, 5) is 28.5. The van der Waals surface area contributed by atoms with Crippen molar-refractivity contribution in [2.24, 2.45) is 0 Å². The van der Waals surface area contributed by atoms with Gasteiger partial charge in [0.25, 0.3) is 0 Å². The maximum absolute atomic E-state index is 11.9. The monoisotopic (exact) mass is 391 g/mol. The Morgan fingerprint density at radius 3 is 2.43 bits per heavy atom. The van der Waals surface area contributed by atoms with Crippen molar-refractivity contribution in [2.75, 3.05) is 64.8 Å². The summed E-state index contributed by atoms with van der Waals surface area (Å²) in [5.74, 6) is 0.486. The van der Waals surface area contributed by atoms with Gasteiger partial charge in [0.2, 0.25) is 5.91 Å². The highest BCUT2D eigenvalue weighted by atomic mass is 16.5. The molecule has 0 radical (unpaired) electrons. The van der Waals surface area contributed by atoms with Crippen molar-refractivity contribution in [3.63, 3.8) is 0 Å². The van der Waals surface area contributed by atoms with Gasteiger partial charge in [-0.25, -0.2) is 4.79 Å². The van der Waals surface area contributed by atoms with E-state index < -0.39 is 0 Å². The van der Waals surface area contributed by atoms with E-state index in [1.807, 2.05) is 6.92 Å². The number of amides is 3. The van der Waals surface area contributed by atoms with Crippen LogP contribution < -0.4 is 20.7 Å². The molecule has 3 N–H and O–H groups in total. The summed E-state index contributed by atoms with van der Waals surface area (Å²) >= 11 is 0. The van der Waals surface area contributed by atoms with E-state index in [0.717, 1.165) is 51.3 Å². The van der Waals surface area contributed by atoms with E-state index >= 15 is 0 Å². The molecular weight excluding hydrogens is 358 g/mol. The second-order valence-corrected chi connectivity index (χ2v) is 6.97. The predicted molar refractivity (Wildman–Crippen MR) is 111 cm³/mol. The Morgan fingerprint density at radius 2 is 1.75 bits per heavy atom. The van der Waals surface area contributed by atoms with Gasteiger partial charge in [0.05, 0.1) is 13.2 Å². The smallest absolute Gasteiger partial charge is 0.315 e. The largest absolute Gasteiger partial charge is 0.494 e. The molecule has 0 unspecified atom stereocenters. The molecule has 0 bridgehead atoms. The molecule has 1 fully saturated rings. The lowest BCUT2D eigenvalue weighted by atomic mass is 10.2. The van der Waals surface area contributed by atoms with Crippen LogP contribution in [0.2, 0.25) is 0 Å². The number of unbranched alkanes of at least 4 members (excludes halogenated alkanes) is 1. The molecule has 1 aromatic rings. The number of carbonyl (C=O) groups is 2. The first-order valence-electron chi connectivity index (χ1n) is 10.0. The zero-order chi connectivity index (χ0) is 20.2. The van der Waals surface area contributed by atoms with E-state index in [9.17, 15) is 9.59 Å². The van der Waals surface area contributed by atoms with E-state index in [1.165, 1.54) is 0 Å². The van der Waals surface area contributed by atoms with Crippen molar-refractivity contribution in [3.05, 3.63) is 24.3 Å². The summed E-state index contributed by atoms with van der Waals surface area (Å²) in [5, 5.41) is 8.11. The molecule has 0 spiro atoms. The van der Waals surface area contributed by atoms with Gasteiger partial charge in [-0.05, 0) is 57.6 Å². The topological polar surface area (TPSA) is 85.9 Å². The van der Waals surface area contributed by atoms with Crippen LogP contribution in [0.5, 0.6) is 5.75 Å². The lowest BCUT2D eigenvalue weighted by Crippen LogP contribution is -2.44. The zero-order valence-corrected chi connectivity index (χ0v) is 17.0. The molecule has 1 aliphatic rings. The summed E-state index contributed by atoms with van der Waals surface area (Å²) in [7, 11) is 2.15. The Balaban J connectivity index is 1.51. The molecule has 156 valence electrons. The molecule has 1 aromatic carbocycles. The number of benzene rings is 1. The van der Waals surface area contributed by atoms with Gasteiger partial charge in [0.1, 0.15) is 5.75 Å². The van der Waals surface area contributed by atoms with Crippen molar-refractivity contribution >= 4 is 17.6 Å². The van der Waals surface area contributed by atoms with Gasteiger partial charge in [0.15, 0.2) is 0 Å². The first kappa shape index (κ1) is 22.0. The van der Waals surface area contributed by atoms with Crippen molar-refractivity contribution in [2.45, 2.75) is 19.8 Å². The van der Waals surface area contributed by atoms with Crippen LogP contribution in [0.4, 0.5) is 10.5 Å². The Hall–Kier alpha value is -2.32. The maximum Gasteiger partial charge on any atom is 0.315 e. The van der Waals surface area contributed by atoms with E-state index in [1.54, 1.807) is 24.3 Å². The Labute approximate surface area is 167 Å². The van der Waals surface area contributed by atoms with Gasteiger partial charge in [-0.2, -0.15) is 0 Å². The lowest BCUT2D eigenvalue weighted by molar-refractivity contribution is -0.115. The summed E-state index contributed by atoms with van der Waals surface area (Å²) in [6.07, 6.45) is 1.99. The molecule has 0 aliphatic carbocycles. The predicted octanol–water partition coefficient (Wildman–Crippen LogP) is 1.35. The number of piperazine rings is 1. The van der Waals surface area contributed by atoms with Gasteiger partial charge >= 0.3 is 6.03 Å². The second-order valence-electron chi connectivity index (χ2n) is 6.97. The summed E-state index contributed by atoms with van der Waals surface area (Å²) < 4.78 is 5.36. The second kappa shape index (κ2) is 12.2. The van der Waals surface area contributed by atoms with E-state index in [4.69, 9.17) is 4.74 Å². The van der Waals surface area contributed by atoms with Crippen LogP contribution in [-0.2, 0) is 4.79 Å². The van der Waals surface area contributed by atoms with Crippen LogP contribution in [0.3, 0.4) is 0 Å². The fourth-order valence-electron chi connectivity index (χ4n) is 2.96. The third-order valence-corrected chi connectivity index (χ3v) is 4.64. The van der Waals surface area contributed by atoms with E-state index in [-0.39, 0.29) is 18.5 Å². The maximum atomic E-state index is 11.9. The molecule has 0 aromatic heterocycles. The highest BCUT2D eigenvalue weighted by Gasteiger charge is 2.12. The van der Waals surface area contributed by atoms with Crippen LogP contribution in [0.15, 0.2) is 24.3 Å². The van der Waals surface area contributed by atoms with Crippen LogP contribution in [-0.4, -0.2) is 81.2 Å². The molecule has 0 saturated carbocycles. The number of hydrogen-bond acceptors (Lipinski definition) is 5. The van der Waals surface area contributed by atoms with Crippen LogP contribution in [0.25, 0.3) is 0 Å². The number of anilines is 1. The minimum Gasteiger partial charge on any atom is -0.494 e. The zero-order valence-electron chi connectivity index (χ0n) is 17.0. The number of ether oxygens (including phenoxy) is 1. The fraction of sp³-hybridized carbons (Fsp3) is 0.600. The Kier molecular flexibility index (Phi) is 9.57. The average Bonchev–Trinajstić information content (AvgIpc) is 2.69. The third-order valence-electron chi connectivity index (χ3n) is 4.64. The standard InChI is InChI=1S/C20H33N5O3/c1-3-28-18-8-6-17(7-9-18)23-19(26)16-22-20(27)21-10-4-5-11-25-14-12-24(2)13-15-25/h6-9H,3-5,10-16H2,1-2H3,(H,23,26)(H2,21,22,27). The van der Waals surface area contributed by atoms with Gasteiger partial charge in [-0.1, -0.05) is 0 Å². The molecule has 1 aliphatic heterocycles. The van der Waals surface area contributed by atoms with Crippen LogP contribution in [0, 0.1) is 0 Å². The van der Waals surface area contributed by atoms with E-state index in [2.05, 4.69) is 32.8 Å². The first-order valence-corrected chi connectivity index (χ1v) is 10.0. The number of carbonyl (C=O) groups excluding carboxylic acids is 2. The van der Waals surface area contributed by atoms with Gasteiger partial charge < -0.3 is 30.5 Å². The molecule has 3 amide bonds. The normalized spacial score (nSPS) is 15.1. The molecule has 0 atom stereocenters. The Morgan fingerprint density at radius 1 is 1.04 bits per heavy atom. The molecule has 8 nitrogen and oxygen atoms in total. The number of urea groups is 1. The van der Waals surface area contributed by atoms with Crippen molar-refractivity contribution in [1.29, 1.82) is 0 Å². The SMILES string of the molecule is CCOc1ccc(NC(=O)CNC(=O)NCCCCN2CCN(C)CC2)cc1. The highest BCUT2D eigenvalue weighted by molar-refractivity contribution is 5.94. The lowest BCUT2D eigenvalue weighted by Gasteiger charge is -2.32. The summed E-state index contributed by atoms with van der Waals surface area (Å²) in [5.41, 5.74) is 0.666. The number of likely N-dealkylation sites (N-methyl/N-ethyl adjacent to an activating group) is 1. The van der Waals surface area contributed by atoms with E-state index in [0.29, 0.717) is 18.8 Å². The van der Waals surface area contributed by atoms with Crippen molar-refractivity contribution in [1.82, 2.24) is 20.4 Å². The van der Waals surface area contributed by atoms with Crippen molar-refractivity contribution in [3.8, 4) is 5.75 Å².